The number of rotatable bonds is 7. The number of hydrogen-bond acceptors (Lipinski definition) is 2. The van der Waals surface area contributed by atoms with Crippen molar-refractivity contribution >= 4 is 29.9 Å². The van der Waals surface area contributed by atoms with Crippen molar-refractivity contribution in [3.05, 3.63) is 29.8 Å². The summed E-state index contributed by atoms with van der Waals surface area (Å²) < 4.78 is 5.65. The molecule has 0 fully saturated rings. The number of halogens is 1. The summed E-state index contributed by atoms with van der Waals surface area (Å²) in [6.07, 6.45) is 0.911. The molecule has 0 saturated carbocycles. The van der Waals surface area contributed by atoms with Crippen molar-refractivity contribution < 1.29 is 4.74 Å². The number of nitrogens with zero attached hydrogens (tertiary/aromatic N) is 1. The Balaban J connectivity index is 0.00000361. The second kappa shape index (κ2) is 11.8. The quantitative estimate of drug-likeness (QED) is 0.325. The Morgan fingerprint density at radius 2 is 1.70 bits per heavy atom. The van der Waals surface area contributed by atoms with Crippen LogP contribution in [0.1, 0.15) is 25.8 Å². The summed E-state index contributed by atoms with van der Waals surface area (Å²) in [6.45, 7) is 9.42. The van der Waals surface area contributed by atoms with Gasteiger partial charge in [-0.15, -0.1) is 24.0 Å². The first kappa shape index (κ1) is 19.0. The standard InChI is InChI=1S/C15H25N3O.HI/c1-4-16-15(17-5-2)18-11-6-12-19-14-9-7-13(3)8-10-14;/h7-10H,4-6,11-12H2,1-3H3,(H2,16,17,18);1H. The molecule has 0 amide bonds. The van der Waals surface area contributed by atoms with Crippen LogP contribution in [0.25, 0.3) is 0 Å². The average molecular weight is 391 g/mol. The van der Waals surface area contributed by atoms with Gasteiger partial charge in [0.25, 0.3) is 0 Å². The zero-order valence-electron chi connectivity index (χ0n) is 12.6. The summed E-state index contributed by atoms with van der Waals surface area (Å²) in [5, 5.41) is 6.39. The van der Waals surface area contributed by atoms with E-state index >= 15 is 0 Å². The third-order valence-electron chi connectivity index (χ3n) is 2.55. The summed E-state index contributed by atoms with van der Waals surface area (Å²) in [7, 11) is 0. The molecule has 1 aromatic rings. The van der Waals surface area contributed by atoms with Crippen LogP contribution < -0.4 is 15.4 Å². The van der Waals surface area contributed by atoms with Gasteiger partial charge in [0.2, 0.25) is 0 Å². The fraction of sp³-hybridized carbons (Fsp3) is 0.533. The van der Waals surface area contributed by atoms with Gasteiger partial charge in [0.1, 0.15) is 5.75 Å². The maximum Gasteiger partial charge on any atom is 0.191 e. The molecule has 20 heavy (non-hydrogen) atoms. The Morgan fingerprint density at radius 3 is 2.25 bits per heavy atom. The predicted molar refractivity (Wildman–Crippen MR) is 96.4 cm³/mol. The lowest BCUT2D eigenvalue weighted by atomic mass is 10.2. The first-order valence-corrected chi connectivity index (χ1v) is 6.98. The van der Waals surface area contributed by atoms with Crippen LogP contribution in [0.2, 0.25) is 0 Å². The minimum atomic E-state index is 0. The Hall–Kier alpha value is -0.980. The molecule has 1 aromatic carbocycles. The first-order chi connectivity index (χ1) is 9.26. The summed E-state index contributed by atoms with van der Waals surface area (Å²) in [6, 6.07) is 8.12. The number of guanidine groups is 1. The minimum Gasteiger partial charge on any atom is -0.494 e. The molecule has 0 aliphatic heterocycles. The van der Waals surface area contributed by atoms with Gasteiger partial charge in [0.15, 0.2) is 5.96 Å². The van der Waals surface area contributed by atoms with Gasteiger partial charge < -0.3 is 15.4 Å². The number of aryl methyl sites for hydroxylation is 1. The third kappa shape index (κ3) is 8.24. The van der Waals surface area contributed by atoms with Gasteiger partial charge in [-0.2, -0.15) is 0 Å². The van der Waals surface area contributed by atoms with Crippen molar-refractivity contribution in [2.45, 2.75) is 27.2 Å². The molecule has 114 valence electrons. The Bertz CT molecular complexity index is 371. The maximum absolute atomic E-state index is 5.65. The van der Waals surface area contributed by atoms with Gasteiger partial charge in [0, 0.05) is 26.1 Å². The fourth-order valence-electron chi connectivity index (χ4n) is 1.59. The van der Waals surface area contributed by atoms with Crippen LogP contribution in [0.4, 0.5) is 0 Å². The summed E-state index contributed by atoms with van der Waals surface area (Å²) >= 11 is 0. The molecule has 0 aromatic heterocycles. The van der Waals surface area contributed by atoms with E-state index in [1.807, 2.05) is 12.1 Å². The molecular weight excluding hydrogens is 365 g/mol. The second-order valence-electron chi connectivity index (χ2n) is 4.31. The molecule has 0 heterocycles. The van der Waals surface area contributed by atoms with Crippen molar-refractivity contribution in [3.8, 4) is 5.75 Å². The highest BCUT2D eigenvalue weighted by Gasteiger charge is 1.95. The van der Waals surface area contributed by atoms with Gasteiger partial charge in [0.05, 0.1) is 6.61 Å². The van der Waals surface area contributed by atoms with E-state index in [2.05, 4.69) is 48.5 Å². The summed E-state index contributed by atoms with van der Waals surface area (Å²) in [4.78, 5) is 4.46. The molecule has 0 bridgehead atoms. The molecule has 0 radical (unpaired) electrons. The zero-order valence-corrected chi connectivity index (χ0v) is 14.9. The van der Waals surface area contributed by atoms with Crippen LogP contribution in [0.15, 0.2) is 29.3 Å². The fourth-order valence-corrected chi connectivity index (χ4v) is 1.59. The predicted octanol–water partition coefficient (Wildman–Crippen LogP) is 2.96. The molecule has 0 atom stereocenters. The van der Waals surface area contributed by atoms with E-state index in [4.69, 9.17) is 4.74 Å². The molecule has 1 rings (SSSR count). The lowest BCUT2D eigenvalue weighted by Crippen LogP contribution is -2.37. The van der Waals surface area contributed by atoms with Crippen LogP contribution in [0, 0.1) is 6.92 Å². The van der Waals surface area contributed by atoms with Crippen LogP contribution in [-0.4, -0.2) is 32.2 Å². The molecule has 2 N–H and O–H groups in total. The van der Waals surface area contributed by atoms with Crippen LogP contribution in [0.5, 0.6) is 5.75 Å². The van der Waals surface area contributed by atoms with E-state index in [0.29, 0.717) is 6.61 Å². The maximum atomic E-state index is 5.65. The van der Waals surface area contributed by atoms with Crippen molar-refractivity contribution in [2.75, 3.05) is 26.2 Å². The second-order valence-corrected chi connectivity index (χ2v) is 4.31. The number of aliphatic imine (C=N–C) groups is 1. The highest BCUT2D eigenvalue weighted by Crippen LogP contribution is 2.11. The summed E-state index contributed by atoms with van der Waals surface area (Å²) in [5.41, 5.74) is 1.25. The van der Waals surface area contributed by atoms with Crippen LogP contribution >= 0.6 is 24.0 Å². The van der Waals surface area contributed by atoms with E-state index in [1.165, 1.54) is 5.56 Å². The van der Waals surface area contributed by atoms with Gasteiger partial charge in [-0.3, -0.25) is 4.99 Å². The highest BCUT2D eigenvalue weighted by atomic mass is 127. The lowest BCUT2D eigenvalue weighted by Gasteiger charge is -2.09. The first-order valence-electron chi connectivity index (χ1n) is 6.98. The van der Waals surface area contributed by atoms with E-state index in [0.717, 1.165) is 37.8 Å². The molecule has 5 heteroatoms. The smallest absolute Gasteiger partial charge is 0.191 e. The van der Waals surface area contributed by atoms with Gasteiger partial charge in [-0.05, 0) is 32.9 Å². The van der Waals surface area contributed by atoms with Gasteiger partial charge >= 0.3 is 0 Å². The third-order valence-corrected chi connectivity index (χ3v) is 2.55. The van der Waals surface area contributed by atoms with E-state index in [9.17, 15) is 0 Å². The molecule has 0 saturated heterocycles. The largest absolute Gasteiger partial charge is 0.494 e. The normalized spacial score (nSPS) is 9.35. The monoisotopic (exact) mass is 391 g/mol. The summed E-state index contributed by atoms with van der Waals surface area (Å²) in [5.74, 6) is 1.80. The molecule has 0 unspecified atom stereocenters. The minimum absolute atomic E-state index is 0. The number of ether oxygens (including phenoxy) is 1. The number of hydrogen-bond donors (Lipinski definition) is 2. The van der Waals surface area contributed by atoms with Crippen molar-refractivity contribution in [1.29, 1.82) is 0 Å². The van der Waals surface area contributed by atoms with E-state index in [1.54, 1.807) is 0 Å². The molecule has 0 aliphatic rings. The van der Waals surface area contributed by atoms with Gasteiger partial charge in [-0.1, -0.05) is 17.7 Å². The van der Waals surface area contributed by atoms with Crippen LogP contribution in [-0.2, 0) is 0 Å². The molecular formula is C15H26IN3O. The molecule has 4 nitrogen and oxygen atoms in total. The van der Waals surface area contributed by atoms with Crippen molar-refractivity contribution in [1.82, 2.24) is 10.6 Å². The molecule has 0 spiro atoms. The van der Waals surface area contributed by atoms with E-state index in [-0.39, 0.29) is 24.0 Å². The van der Waals surface area contributed by atoms with Crippen LogP contribution in [0.3, 0.4) is 0 Å². The van der Waals surface area contributed by atoms with Crippen molar-refractivity contribution in [3.63, 3.8) is 0 Å². The Kier molecular flexibility index (Phi) is 11.2. The lowest BCUT2D eigenvalue weighted by molar-refractivity contribution is 0.313. The highest BCUT2D eigenvalue weighted by molar-refractivity contribution is 14.0. The zero-order chi connectivity index (χ0) is 13.9. The number of benzene rings is 1. The van der Waals surface area contributed by atoms with Crippen molar-refractivity contribution in [2.24, 2.45) is 4.99 Å². The Morgan fingerprint density at radius 1 is 1.10 bits per heavy atom. The van der Waals surface area contributed by atoms with E-state index < -0.39 is 0 Å². The SMILES string of the molecule is CCNC(=NCCCOc1ccc(C)cc1)NCC.I. The van der Waals surface area contributed by atoms with Gasteiger partial charge in [-0.25, -0.2) is 0 Å². The topological polar surface area (TPSA) is 45.7 Å². The number of nitrogens with one attached hydrogen (secondary N) is 2. The average Bonchev–Trinajstić information content (AvgIpc) is 2.41. The molecule has 0 aliphatic carbocycles. The Labute approximate surface area is 139 Å².